The fraction of sp³-hybridized carbons (Fsp3) is 0.467. The van der Waals surface area contributed by atoms with Crippen LogP contribution in [0.25, 0.3) is 10.9 Å². The number of nitrogens with zero attached hydrogens (tertiary/aromatic N) is 2. The van der Waals surface area contributed by atoms with Gasteiger partial charge in [0.25, 0.3) is 0 Å². The van der Waals surface area contributed by atoms with Gasteiger partial charge in [0.1, 0.15) is 12.4 Å². The first-order valence-corrected chi connectivity index (χ1v) is 6.55. The molecule has 4 nitrogen and oxygen atoms in total. The van der Waals surface area contributed by atoms with Gasteiger partial charge in [0.2, 0.25) is 0 Å². The number of aryl methyl sites for hydroxylation is 2. The summed E-state index contributed by atoms with van der Waals surface area (Å²) in [5.74, 6) is 0.907. The van der Waals surface area contributed by atoms with Gasteiger partial charge in [-0.2, -0.15) is 0 Å². The highest BCUT2D eigenvalue weighted by molar-refractivity contribution is 5.99. The van der Waals surface area contributed by atoms with Crippen LogP contribution in [-0.4, -0.2) is 36.7 Å². The summed E-state index contributed by atoms with van der Waals surface area (Å²) in [7, 11) is 6.14. The monoisotopic (exact) mass is 261 g/mol. The average molecular weight is 261 g/mol. The van der Waals surface area contributed by atoms with Crippen molar-refractivity contribution in [3.63, 3.8) is 0 Å². The van der Waals surface area contributed by atoms with Crippen molar-refractivity contribution in [1.82, 2.24) is 9.47 Å². The van der Waals surface area contributed by atoms with Gasteiger partial charge in [-0.25, -0.2) is 0 Å². The van der Waals surface area contributed by atoms with Gasteiger partial charge in [0.05, 0.1) is 5.52 Å². The number of aromatic nitrogens is 1. The Balaban J connectivity index is 2.45. The lowest BCUT2D eigenvalue weighted by molar-refractivity contribution is 0.263. The van der Waals surface area contributed by atoms with Crippen LogP contribution in [0.3, 0.4) is 0 Å². The van der Waals surface area contributed by atoms with E-state index in [2.05, 4.69) is 30.4 Å². The van der Waals surface area contributed by atoms with Gasteiger partial charge in [-0.1, -0.05) is 0 Å². The van der Waals surface area contributed by atoms with E-state index >= 15 is 0 Å². The third-order valence-corrected chi connectivity index (χ3v) is 3.73. The number of benzene rings is 1. The zero-order valence-electron chi connectivity index (χ0n) is 12.4. The molecule has 1 heterocycles. The van der Waals surface area contributed by atoms with E-state index in [4.69, 9.17) is 10.5 Å². The molecule has 0 radical (unpaired) electrons. The maximum absolute atomic E-state index is 6.11. The standard InChI is InChI=1S/C15H23N3O/c1-10-11(2)18(5)15-13(19-9-8-17(3)4)7-6-12(16)14(10)15/h6-7H,8-9,16H2,1-5H3. The molecule has 2 aromatic rings. The van der Waals surface area contributed by atoms with E-state index in [0.29, 0.717) is 6.61 Å². The summed E-state index contributed by atoms with van der Waals surface area (Å²) in [5, 5.41) is 1.11. The molecule has 0 fully saturated rings. The molecule has 19 heavy (non-hydrogen) atoms. The average Bonchev–Trinajstić information content (AvgIpc) is 2.58. The third kappa shape index (κ3) is 2.40. The Hall–Kier alpha value is -1.68. The first-order valence-electron chi connectivity index (χ1n) is 6.55. The Bertz CT molecular complexity index is 599. The minimum Gasteiger partial charge on any atom is -0.490 e. The number of hydrogen-bond acceptors (Lipinski definition) is 3. The van der Waals surface area contributed by atoms with Gasteiger partial charge in [-0.05, 0) is 45.6 Å². The minimum atomic E-state index is 0.676. The number of ether oxygens (including phenoxy) is 1. The number of nitrogens with two attached hydrogens (primary N) is 1. The van der Waals surface area contributed by atoms with E-state index < -0.39 is 0 Å². The molecule has 2 rings (SSSR count). The molecule has 1 aromatic heterocycles. The molecule has 2 N–H and O–H groups in total. The molecule has 1 aromatic carbocycles. The number of fused-ring (bicyclic) bond motifs is 1. The molecule has 0 atom stereocenters. The maximum atomic E-state index is 6.11. The number of hydrogen-bond donors (Lipinski definition) is 1. The zero-order chi connectivity index (χ0) is 14.2. The molecule has 0 aliphatic heterocycles. The lowest BCUT2D eigenvalue weighted by Crippen LogP contribution is -2.19. The quantitative estimate of drug-likeness (QED) is 0.859. The molecule has 4 heteroatoms. The summed E-state index contributed by atoms with van der Waals surface area (Å²) < 4.78 is 8.07. The minimum absolute atomic E-state index is 0.676. The number of anilines is 1. The summed E-state index contributed by atoms with van der Waals surface area (Å²) in [6.07, 6.45) is 0. The first kappa shape index (κ1) is 13.7. The topological polar surface area (TPSA) is 43.4 Å². The van der Waals surface area contributed by atoms with Crippen LogP contribution in [-0.2, 0) is 7.05 Å². The van der Waals surface area contributed by atoms with Crippen LogP contribution in [0, 0.1) is 13.8 Å². The largest absolute Gasteiger partial charge is 0.490 e. The van der Waals surface area contributed by atoms with Crippen molar-refractivity contribution < 1.29 is 4.74 Å². The smallest absolute Gasteiger partial charge is 0.143 e. The summed E-state index contributed by atoms with van der Waals surface area (Å²) in [6, 6.07) is 3.89. The predicted molar refractivity (Wildman–Crippen MR) is 80.9 cm³/mol. The van der Waals surface area contributed by atoms with Crippen LogP contribution < -0.4 is 10.5 Å². The van der Waals surface area contributed by atoms with Crippen LogP contribution in [0.4, 0.5) is 5.69 Å². The van der Waals surface area contributed by atoms with Crippen LogP contribution in [0.5, 0.6) is 5.75 Å². The Labute approximate surface area is 114 Å². The molecule has 0 amide bonds. The van der Waals surface area contributed by atoms with Gasteiger partial charge >= 0.3 is 0 Å². The van der Waals surface area contributed by atoms with Gasteiger partial charge in [0, 0.05) is 30.4 Å². The van der Waals surface area contributed by atoms with Crippen molar-refractivity contribution in [1.29, 1.82) is 0 Å². The van der Waals surface area contributed by atoms with E-state index in [0.717, 1.165) is 28.9 Å². The molecule has 104 valence electrons. The van der Waals surface area contributed by atoms with E-state index in [9.17, 15) is 0 Å². The van der Waals surface area contributed by atoms with Crippen LogP contribution >= 0.6 is 0 Å². The van der Waals surface area contributed by atoms with Gasteiger partial charge in [-0.15, -0.1) is 0 Å². The molecule has 0 saturated carbocycles. The molecule has 0 saturated heterocycles. The normalized spacial score (nSPS) is 11.5. The van der Waals surface area contributed by atoms with Crippen molar-refractivity contribution in [3.8, 4) is 5.75 Å². The number of nitrogen functional groups attached to an aromatic ring is 1. The molecule has 0 spiro atoms. The van der Waals surface area contributed by atoms with Gasteiger partial charge < -0.3 is 19.9 Å². The lowest BCUT2D eigenvalue weighted by Gasteiger charge is -2.13. The highest BCUT2D eigenvalue weighted by Gasteiger charge is 2.15. The molecule has 0 aliphatic rings. The van der Waals surface area contributed by atoms with Crippen molar-refractivity contribution >= 4 is 16.6 Å². The van der Waals surface area contributed by atoms with E-state index in [1.165, 1.54) is 11.3 Å². The van der Waals surface area contributed by atoms with Gasteiger partial charge in [0.15, 0.2) is 0 Å². The predicted octanol–water partition coefficient (Wildman–Crippen LogP) is 2.32. The first-order chi connectivity index (χ1) is 8.93. The summed E-state index contributed by atoms with van der Waals surface area (Å²) in [4.78, 5) is 2.11. The summed E-state index contributed by atoms with van der Waals surface area (Å²) >= 11 is 0. The van der Waals surface area contributed by atoms with Crippen molar-refractivity contribution in [2.75, 3.05) is 33.0 Å². The molecule has 0 unspecified atom stereocenters. The molecule has 0 aliphatic carbocycles. The van der Waals surface area contributed by atoms with Crippen LogP contribution in [0.15, 0.2) is 12.1 Å². The molecular formula is C15H23N3O. The fourth-order valence-electron chi connectivity index (χ4n) is 2.37. The number of rotatable bonds is 4. The lowest BCUT2D eigenvalue weighted by atomic mass is 10.1. The number of likely N-dealkylation sites (N-methyl/N-ethyl adjacent to an activating group) is 1. The Kier molecular flexibility index (Phi) is 3.71. The maximum Gasteiger partial charge on any atom is 0.143 e. The molecular weight excluding hydrogens is 238 g/mol. The van der Waals surface area contributed by atoms with Crippen molar-refractivity contribution in [3.05, 3.63) is 23.4 Å². The Morgan fingerprint density at radius 3 is 2.58 bits per heavy atom. The fourth-order valence-corrected chi connectivity index (χ4v) is 2.37. The van der Waals surface area contributed by atoms with Crippen molar-refractivity contribution in [2.45, 2.75) is 13.8 Å². The van der Waals surface area contributed by atoms with Crippen LogP contribution in [0.2, 0.25) is 0 Å². The van der Waals surface area contributed by atoms with E-state index in [1.807, 2.05) is 26.2 Å². The Morgan fingerprint density at radius 1 is 1.26 bits per heavy atom. The summed E-state index contributed by atoms with van der Waals surface area (Å²) in [6.45, 7) is 5.79. The highest BCUT2D eigenvalue weighted by Crippen LogP contribution is 2.35. The zero-order valence-corrected chi connectivity index (χ0v) is 12.4. The van der Waals surface area contributed by atoms with Crippen molar-refractivity contribution in [2.24, 2.45) is 7.05 Å². The third-order valence-electron chi connectivity index (χ3n) is 3.73. The highest BCUT2D eigenvalue weighted by atomic mass is 16.5. The Morgan fingerprint density at radius 2 is 1.95 bits per heavy atom. The summed E-state index contributed by atoms with van der Waals surface area (Å²) in [5.41, 5.74) is 10.5. The second-order valence-electron chi connectivity index (χ2n) is 5.30. The van der Waals surface area contributed by atoms with Crippen LogP contribution in [0.1, 0.15) is 11.3 Å². The van der Waals surface area contributed by atoms with E-state index in [1.54, 1.807) is 0 Å². The van der Waals surface area contributed by atoms with Gasteiger partial charge in [-0.3, -0.25) is 0 Å². The molecule has 0 bridgehead atoms. The second kappa shape index (κ2) is 5.13. The van der Waals surface area contributed by atoms with E-state index in [-0.39, 0.29) is 0 Å². The SMILES string of the molecule is Cc1c(C)n(C)c2c(OCCN(C)C)ccc(N)c12. The second-order valence-corrected chi connectivity index (χ2v) is 5.30.